The molecule has 0 amide bonds. The number of nitrogens with two attached hydrogens (primary N) is 1. The lowest BCUT2D eigenvalue weighted by Gasteiger charge is -2.32. The Kier molecular flexibility index (Phi) is 6.48. The lowest BCUT2D eigenvalue weighted by molar-refractivity contribution is 0.413. The molecule has 138 valence electrons. The Balaban J connectivity index is 1.89. The van der Waals surface area contributed by atoms with E-state index >= 15 is 0 Å². The maximum atomic E-state index is 7.82. The van der Waals surface area contributed by atoms with Crippen LogP contribution in [0.15, 0.2) is 51.8 Å². The largest absolute Gasteiger partial charge is 0.370 e. The highest BCUT2D eigenvalue weighted by Crippen LogP contribution is 2.38. The van der Waals surface area contributed by atoms with Gasteiger partial charge >= 0.3 is 0 Å². The molecule has 0 fully saturated rings. The molecule has 26 heavy (non-hydrogen) atoms. The molecule has 0 spiro atoms. The zero-order chi connectivity index (χ0) is 18.5. The monoisotopic (exact) mass is 432 g/mol. The number of hydrogen-bond acceptors (Lipinski definition) is 3. The van der Waals surface area contributed by atoms with Crippen molar-refractivity contribution in [1.82, 2.24) is 4.90 Å². The van der Waals surface area contributed by atoms with Gasteiger partial charge in [-0.2, -0.15) is 0 Å². The molecule has 0 saturated carbocycles. The van der Waals surface area contributed by atoms with Crippen molar-refractivity contribution in [2.24, 2.45) is 5.73 Å². The number of benzene rings is 2. The van der Waals surface area contributed by atoms with Gasteiger partial charge < -0.3 is 15.5 Å². The number of nitrogens with zero attached hydrogens (tertiary/aromatic N) is 2. The first-order valence-corrected chi connectivity index (χ1v) is 10.7. The number of thioether (sulfide) groups is 1. The quantitative estimate of drug-likeness (QED) is 0.532. The molecule has 0 aliphatic carbocycles. The molecule has 3 N–H and O–H groups in total. The molecule has 0 aromatic heterocycles. The second-order valence-electron chi connectivity index (χ2n) is 6.46. The van der Waals surface area contributed by atoms with Gasteiger partial charge in [-0.3, -0.25) is 5.41 Å². The van der Waals surface area contributed by atoms with Crippen molar-refractivity contribution in [1.29, 1.82) is 5.41 Å². The summed E-state index contributed by atoms with van der Waals surface area (Å²) in [6.07, 6.45) is 0.987. The number of halogens is 1. The third-order valence-corrected chi connectivity index (χ3v) is 6.20. The van der Waals surface area contributed by atoms with E-state index in [4.69, 9.17) is 11.1 Å². The van der Waals surface area contributed by atoms with E-state index in [0.29, 0.717) is 0 Å². The summed E-state index contributed by atoms with van der Waals surface area (Å²) in [7, 11) is 0. The Morgan fingerprint density at radius 1 is 1.23 bits per heavy atom. The Bertz CT molecular complexity index is 780. The van der Waals surface area contributed by atoms with Crippen LogP contribution in [0.2, 0.25) is 0 Å². The van der Waals surface area contributed by atoms with E-state index in [1.807, 2.05) is 16.7 Å². The number of anilines is 1. The molecule has 2 aromatic carbocycles. The fourth-order valence-corrected chi connectivity index (χ4v) is 4.66. The van der Waals surface area contributed by atoms with Crippen LogP contribution < -0.4 is 10.6 Å². The Morgan fingerprint density at radius 3 is 2.73 bits per heavy atom. The van der Waals surface area contributed by atoms with E-state index in [0.717, 1.165) is 42.8 Å². The SMILES string of the molecule is CCCN(CCN1Cc2ccccc2CSc2ccc(Br)cc21)C(=N)N. The number of rotatable bonds is 5. The summed E-state index contributed by atoms with van der Waals surface area (Å²) in [6.45, 7) is 5.39. The van der Waals surface area contributed by atoms with Crippen molar-refractivity contribution in [3.05, 3.63) is 58.1 Å². The van der Waals surface area contributed by atoms with E-state index in [1.54, 1.807) is 0 Å². The van der Waals surface area contributed by atoms with E-state index in [1.165, 1.54) is 21.7 Å². The highest BCUT2D eigenvalue weighted by atomic mass is 79.9. The molecule has 2 aromatic rings. The lowest BCUT2D eigenvalue weighted by atomic mass is 10.1. The topological polar surface area (TPSA) is 56.4 Å². The molecular formula is C20H25BrN4S. The molecular weight excluding hydrogens is 408 g/mol. The Labute approximate surface area is 168 Å². The number of nitrogens with one attached hydrogen (secondary N) is 1. The van der Waals surface area contributed by atoms with Crippen LogP contribution in [0.25, 0.3) is 0 Å². The third-order valence-electron chi connectivity index (χ3n) is 4.60. The molecule has 1 aliphatic heterocycles. The molecule has 0 atom stereocenters. The van der Waals surface area contributed by atoms with E-state index < -0.39 is 0 Å². The van der Waals surface area contributed by atoms with Gasteiger partial charge in [-0.15, -0.1) is 11.8 Å². The summed E-state index contributed by atoms with van der Waals surface area (Å²) in [5.74, 6) is 1.15. The highest BCUT2D eigenvalue weighted by molar-refractivity contribution is 9.10. The summed E-state index contributed by atoms with van der Waals surface area (Å²) < 4.78 is 1.09. The van der Waals surface area contributed by atoms with Gasteiger partial charge in [0.2, 0.25) is 0 Å². The Hall–Kier alpha value is -1.66. The van der Waals surface area contributed by atoms with Crippen LogP contribution in [0, 0.1) is 5.41 Å². The first kappa shape index (κ1) is 19.1. The molecule has 3 rings (SSSR count). The van der Waals surface area contributed by atoms with Crippen molar-refractivity contribution in [2.75, 3.05) is 24.5 Å². The van der Waals surface area contributed by atoms with Crippen molar-refractivity contribution in [2.45, 2.75) is 30.5 Å². The van der Waals surface area contributed by atoms with Gasteiger partial charge in [-0.25, -0.2) is 0 Å². The lowest BCUT2D eigenvalue weighted by Crippen LogP contribution is -2.42. The smallest absolute Gasteiger partial charge is 0.188 e. The predicted molar refractivity (Wildman–Crippen MR) is 115 cm³/mol. The summed E-state index contributed by atoms with van der Waals surface area (Å²) in [5.41, 5.74) is 9.78. The number of guanidine groups is 1. The third kappa shape index (κ3) is 4.54. The summed E-state index contributed by atoms with van der Waals surface area (Å²) in [5, 5.41) is 7.82. The van der Waals surface area contributed by atoms with E-state index in [-0.39, 0.29) is 5.96 Å². The minimum atomic E-state index is 0.156. The van der Waals surface area contributed by atoms with Crippen molar-refractivity contribution in [3.63, 3.8) is 0 Å². The van der Waals surface area contributed by atoms with Crippen LogP contribution in [0.5, 0.6) is 0 Å². The van der Waals surface area contributed by atoms with Gasteiger partial charge in [-0.1, -0.05) is 47.1 Å². The maximum Gasteiger partial charge on any atom is 0.188 e. The van der Waals surface area contributed by atoms with Crippen molar-refractivity contribution < 1.29 is 0 Å². The summed E-state index contributed by atoms with van der Waals surface area (Å²) in [6, 6.07) is 15.2. The second kappa shape index (κ2) is 8.82. The van der Waals surface area contributed by atoms with E-state index in [9.17, 15) is 0 Å². The van der Waals surface area contributed by atoms with Crippen LogP contribution in [-0.4, -0.2) is 30.5 Å². The normalized spacial score (nSPS) is 13.4. The molecule has 1 heterocycles. The fourth-order valence-electron chi connectivity index (χ4n) is 3.22. The van der Waals surface area contributed by atoms with Crippen LogP contribution >= 0.6 is 27.7 Å². The zero-order valence-corrected chi connectivity index (χ0v) is 17.4. The number of hydrogen-bond donors (Lipinski definition) is 2. The molecule has 0 radical (unpaired) electrons. The first-order chi connectivity index (χ1) is 12.6. The average molecular weight is 433 g/mol. The van der Waals surface area contributed by atoms with E-state index in [2.05, 4.69) is 70.2 Å². The van der Waals surface area contributed by atoms with Gasteiger partial charge in [0.1, 0.15) is 0 Å². The van der Waals surface area contributed by atoms with Crippen molar-refractivity contribution >= 4 is 39.3 Å². The number of fused-ring (bicyclic) bond motifs is 2. The van der Waals surface area contributed by atoms with Gasteiger partial charge in [0.15, 0.2) is 5.96 Å². The van der Waals surface area contributed by atoms with Gasteiger partial charge in [0.25, 0.3) is 0 Å². The van der Waals surface area contributed by atoms with Gasteiger partial charge in [-0.05, 0) is 35.7 Å². The Morgan fingerprint density at radius 2 is 2.00 bits per heavy atom. The average Bonchev–Trinajstić information content (AvgIpc) is 2.62. The molecule has 0 saturated heterocycles. The summed E-state index contributed by atoms with van der Waals surface area (Å²) in [4.78, 5) is 5.67. The van der Waals surface area contributed by atoms with Crippen molar-refractivity contribution in [3.8, 4) is 0 Å². The molecule has 4 nitrogen and oxygen atoms in total. The van der Waals surface area contributed by atoms with Crippen LogP contribution in [0.4, 0.5) is 5.69 Å². The second-order valence-corrected chi connectivity index (χ2v) is 8.40. The van der Waals surface area contributed by atoms with Gasteiger partial charge in [0, 0.05) is 41.3 Å². The van der Waals surface area contributed by atoms with Crippen LogP contribution in [0.1, 0.15) is 24.5 Å². The van der Waals surface area contributed by atoms with Crippen LogP contribution in [-0.2, 0) is 12.3 Å². The minimum absolute atomic E-state index is 0.156. The molecule has 0 unspecified atom stereocenters. The maximum absolute atomic E-state index is 7.82. The summed E-state index contributed by atoms with van der Waals surface area (Å²) >= 11 is 5.51. The molecule has 0 bridgehead atoms. The molecule has 6 heteroatoms. The van der Waals surface area contributed by atoms with Crippen LogP contribution in [0.3, 0.4) is 0 Å². The zero-order valence-electron chi connectivity index (χ0n) is 15.0. The minimum Gasteiger partial charge on any atom is -0.370 e. The molecule has 1 aliphatic rings. The standard InChI is InChI=1S/C20H25BrN4S/c1-2-9-24(20(22)23)10-11-25-13-15-5-3-4-6-16(15)14-26-19-8-7-17(21)12-18(19)25/h3-8,12H,2,9-11,13-14H2,1H3,(H3,22,23). The van der Waals surface area contributed by atoms with Gasteiger partial charge in [0.05, 0.1) is 5.69 Å². The first-order valence-electron chi connectivity index (χ1n) is 8.91. The fraction of sp³-hybridized carbons (Fsp3) is 0.350. The highest BCUT2D eigenvalue weighted by Gasteiger charge is 2.19. The predicted octanol–water partition coefficient (Wildman–Crippen LogP) is 4.67.